The maximum Gasteiger partial charge on any atom is 0.341 e. The van der Waals surface area contributed by atoms with E-state index in [4.69, 9.17) is 11.5 Å². The Bertz CT molecular complexity index is 498. The van der Waals surface area contributed by atoms with Crippen molar-refractivity contribution in [3.8, 4) is 0 Å². The Hall–Kier alpha value is -1.77. The second kappa shape index (κ2) is 7.67. The molecule has 0 aliphatic heterocycles. The topological polar surface area (TPSA) is 133 Å². The maximum atomic E-state index is 10.7. The van der Waals surface area contributed by atoms with Gasteiger partial charge in [-0.15, -0.1) is 0 Å². The van der Waals surface area contributed by atoms with Gasteiger partial charge in [0.05, 0.1) is 5.66 Å². The summed E-state index contributed by atoms with van der Waals surface area (Å²) in [6, 6.07) is 1.16. The van der Waals surface area contributed by atoms with Gasteiger partial charge in [0.2, 0.25) is 5.95 Å². The molecule has 0 bridgehead atoms. The van der Waals surface area contributed by atoms with Crippen LogP contribution in [0.5, 0.6) is 0 Å². The number of hydrogen-bond acceptors (Lipinski definition) is 8. The molecule has 0 aromatic carbocycles. The number of nitrogens with two attached hydrogens (primary N) is 3. The molecule has 1 aliphatic carbocycles. The van der Waals surface area contributed by atoms with Crippen LogP contribution in [0.3, 0.4) is 0 Å². The van der Waals surface area contributed by atoms with Gasteiger partial charge in [0.1, 0.15) is 6.04 Å². The zero-order valence-electron chi connectivity index (χ0n) is 14.3. The molecule has 0 amide bonds. The summed E-state index contributed by atoms with van der Waals surface area (Å²) in [5.41, 5.74) is 11.1. The Morgan fingerprint density at radius 3 is 2.22 bits per heavy atom. The van der Waals surface area contributed by atoms with E-state index in [1.807, 2.05) is 26.8 Å². The molecule has 6 N–H and O–H groups in total. The Morgan fingerprint density at radius 2 is 1.91 bits per heavy atom. The van der Waals surface area contributed by atoms with E-state index in [2.05, 4.69) is 32.5 Å². The molecule has 0 radical (unpaired) electrons. The molecule has 0 saturated heterocycles. The van der Waals surface area contributed by atoms with Crippen molar-refractivity contribution in [1.82, 2.24) is 9.97 Å². The molecule has 130 valence electrons. The smallest absolute Gasteiger partial charge is 0.341 e. The molecule has 0 unspecified atom stereocenters. The van der Waals surface area contributed by atoms with Crippen LogP contribution in [0.25, 0.3) is 0 Å². The van der Waals surface area contributed by atoms with E-state index in [9.17, 15) is 4.79 Å². The molecule has 1 heterocycles. The fourth-order valence-corrected chi connectivity index (χ4v) is 1.91. The van der Waals surface area contributed by atoms with Gasteiger partial charge in [-0.2, -0.15) is 5.90 Å². The number of aromatic nitrogens is 2. The van der Waals surface area contributed by atoms with Gasteiger partial charge in [0.15, 0.2) is 0 Å². The van der Waals surface area contributed by atoms with Crippen molar-refractivity contribution in [2.45, 2.75) is 52.2 Å². The standard InChI is InChI=1S/C9H14N4.C6H14N2O2/c1-2-13(9(10)4-5-9)8-11-6-3-7-12-8;1-6(2,3)4(7)5(9)10-8/h3,6-7H,2,4-5,10H2,1H3;4H,7-8H2,1-3H3/t;4-/m.1/s1. The van der Waals surface area contributed by atoms with Crippen LogP contribution in [0.4, 0.5) is 5.95 Å². The number of rotatable bonds is 4. The third-order valence-corrected chi connectivity index (χ3v) is 3.71. The lowest BCUT2D eigenvalue weighted by Crippen LogP contribution is -2.45. The fourth-order valence-electron chi connectivity index (χ4n) is 1.91. The van der Waals surface area contributed by atoms with Gasteiger partial charge in [-0.3, -0.25) is 0 Å². The van der Waals surface area contributed by atoms with Crippen LogP contribution in [0.15, 0.2) is 18.5 Å². The minimum atomic E-state index is -0.655. The van der Waals surface area contributed by atoms with E-state index >= 15 is 0 Å². The predicted octanol–water partition coefficient (Wildman–Crippen LogP) is 0.528. The van der Waals surface area contributed by atoms with Crippen molar-refractivity contribution in [2.75, 3.05) is 11.4 Å². The Kier molecular flexibility index (Phi) is 6.43. The van der Waals surface area contributed by atoms with Gasteiger partial charge in [-0.25, -0.2) is 14.8 Å². The van der Waals surface area contributed by atoms with Crippen LogP contribution in [0, 0.1) is 5.41 Å². The van der Waals surface area contributed by atoms with Gasteiger partial charge in [-0.1, -0.05) is 20.8 Å². The first-order valence-electron chi connectivity index (χ1n) is 7.65. The van der Waals surface area contributed by atoms with Gasteiger partial charge < -0.3 is 21.2 Å². The minimum Gasteiger partial charge on any atom is -0.372 e. The molecule has 1 aliphatic rings. The van der Waals surface area contributed by atoms with Crippen molar-refractivity contribution in [3.05, 3.63) is 18.5 Å². The number of carbonyl (C=O) groups is 1. The van der Waals surface area contributed by atoms with Crippen LogP contribution in [-0.4, -0.2) is 34.2 Å². The molecule has 8 nitrogen and oxygen atoms in total. The average Bonchev–Trinajstić information content (AvgIpc) is 3.25. The van der Waals surface area contributed by atoms with E-state index < -0.39 is 12.0 Å². The van der Waals surface area contributed by atoms with Crippen molar-refractivity contribution >= 4 is 11.9 Å². The lowest BCUT2D eigenvalue weighted by Gasteiger charge is -2.27. The highest BCUT2D eigenvalue weighted by atomic mass is 16.7. The molecule has 1 aromatic heterocycles. The van der Waals surface area contributed by atoms with Crippen LogP contribution >= 0.6 is 0 Å². The lowest BCUT2D eigenvalue weighted by atomic mass is 9.88. The summed E-state index contributed by atoms with van der Waals surface area (Å²) in [6.07, 6.45) is 5.58. The van der Waals surface area contributed by atoms with Crippen LogP contribution < -0.4 is 22.3 Å². The van der Waals surface area contributed by atoms with E-state index in [0.29, 0.717) is 0 Å². The Morgan fingerprint density at radius 1 is 1.39 bits per heavy atom. The first kappa shape index (κ1) is 19.3. The largest absolute Gasteiger partial charge is 0.372 e. The lowest BCUT2D eigenvalue weighted by molar-refractivity contribution is -0.148. The molecule has 2 rings (SSSR count). The first-order chi connectivity index (χ1) is 10.7. The summed E-state index contributed by atoms with van der Waals surface area (Å²) in [4.78, 5) is 25.1. The summed E-state index contributed by atoms with van der Waals surface area (Å²) in [6.45, 7) is 8.46. The van der Waals surface area contributed by atoms with Crippen molar-refractivity contribution in [2.24, 2.45) is 22.8 Å². The molecular formula is C15H28N6O2. The SMILES string of the molecule is CC(C)(C)[C@H](N)C(=O)ON.CCN(c1ncccn1)C1(N)CC1. The van der Waals surface area contributed by atoms with Gasteiger partial charge >= 0.3 is 5.97 Å². The average molecular weight is 324 g/mol. The Labute approximate surface area is 137 Å². The monoisotopic (exact) mass is 324 g/mol. The summed E-state index contributed by atoms with van der Waals surface area (Å²) in [7, 11) is 0. The number of carbonyl (C=O) groups excluding carboxylic acids is 1. The van der Waals surface area contributed by atoms with Gasteiger partial charge in [0, 0.05) is 18.9 Å². The van der Waals surface area contributed by atoms with Crippen molar-refractivity contribution in [3.63, 3.8) is 0 Å². The molecular weight excluding hydrogens is 296 g/mol. The quantitative estimate of drug-likeness (QED) is 0.539. The third-order valence-electron chi connectivity index (χ3n) is 3.71. The predicted molar refractivity (Wildman–Crippen MR) is 88.9 cm³/mol. The highest BCUT2D eigenvalue weighted by molar-refractivity contribution is 5.76. The molecule has 23 heavy (non-hydrogen) atoms. The molecule has 8 heteroatoms. The summed E-state index contributed by atoms with van der Waals surface area (Å²) >= 11 is 0. The van der Waals surface area contributed by atoms with E-state index in [1.54, 1.807) is 12.4 Å². The first-order valence-corrected chi connectivity index (χ1v) is 7.65. The summed E-state index contributed by atoms with van der Waals surface area (Å²) in [5.74, 6) is 4.80. The highest BCUT2D eigenvalue weighted by Crippen LogP contribution is 2.37. The highest BCUT2D eigenvalue weighted by Gasteiger charge is 2.44. The molecule has 1 atom stereocenters. The summed E-state index contributed by atoms with van der Waals surface area (Å²) < 4.78 is 0. The van der Waals surface area contributed by atoms with Crippen LogP contribution in [0.2, 0.25) is 0 Å². The van der Waals surface area contributed by atoms with E-state index in [-0.39, 0.29) is 11.1 Å². The molecule has 1 saturated carbocycles. The Balaban J connectivity index is 0.000000241. The van der Waals surface area contributed by atoms with Crippen molar-refractivity contribution in [1.29, 1.82) is 0 Å². The zero-order valence-corrected chi connectivity index (χ0v) is 14.3. The molecule has 0 spiro atoms. The second-order valence-corrected chi connectivity index (χ2v) is 6.68. The van der Waals surface area contributed by atoms with E-state index in [1.165, 1.54) is 0 Å². The minimum absolute atomic E-state index is 0.171. The zero-order chi connectivity index (χ0) is 17.7. The number of anilines is 1. The van der Waals surface area contributed by atoms with Crippen molar-refractivity contribution < 1.29 is 9.63 Å². The number of nitrogens with zero attached hydrogens (tertiary/aromatic N) is 3. The maximum absolute atomic E-state index is 10.7. The van der Waals surface area contributed by atoms with Crippen LogP contribution in [-0.2, 0) is 9.63 Å². The third kappa shape index (κ3) is 5.42. The second-order valence-electron chi connectivity index (χ2n) is 6.68. The molecule has 1 fully saturated rings. The van der Waals surface area contributed by atoms with Crippen LogP contribution in [0.1, 0.15) is 40.5 Å². The molecule has 1 aromatic rings. The van der Waals surface area contributed by atoms with E-state index in [0.717, 1.165) is 25.3 Å². The fraction of sp³-hybridized carbons (Fsp3) is 0.667. The summed E-state index contributed by atoms with van der Waals surface area (Å²) in [5, 5.41) is 0. The van der Waals surface area contributed by atoms with Gasteiger partial charge in [0.25, 0.3) is 0 Å². The normalized spacial score (nSPS) is 16.7. The number of hydrogen-bond donors (Lipinski definition) is 3. The van der Waals surface area contributed by atoms with Gasteiger partial charge in [-0.05, 0) is 31.2 Å².